The van der Waals surface area contributed by atoms with Crippen molar-refractivity contribution in [3.8, 4) is 0 Å². The van der Waals surface area contributed by atoms with Crippen molar-refractivity contribution in [3.05, 3.63) is 27.7 Å². The molecule has 0 aliphatic carbocycles. The molecule has 0 aromatic heterocycles. The third kappa shape index (κ3) is 1.42. The van der Waals surface area contributed by atoms with Gasteiger partial charge >= 0.3 is 5.97 Å². The van der Waals surface area contributed by atoms with Crippen molar-refractivity contribution >= 4 is 27.6 Å². The SMILES string of the molecule is Nc1cc2c(cc1Br)CCOC2=O. The lowest BCUT2D eigenvalue weighted by atomic mass is 10.0. The fraction of sp³-hybridized carbons (Fsp3) is 0.222. The number of esters is 1. The fourth-order valence-electron chi connectivity index (χ4n) is 1.36. The molecule has 1 heterocycles. The zero-order valence-corrected chi connectivity index (χ0v) is 8.43. The highest BCUT2D eigenvalue weighted by Crippen LogP contribution is 2.26. The van der Waals surface area contributed by atoms with E-state index in [4.69, 9.17) is 10.5 Å². The molecular formula is C9H8BrNO2. The zero-order chi connectivity index (χ0) is 9.42. The number of ether oxygens (including phenoxy) is 1. The van der Waals surface area contributed by atoms with Crippen LogP contribution in [0, 0.1) is 0 Å². The van der Waals surface area contributed by atoms with E-state index in [9.17, 15) is 4.79 Å². The summed E-state index contributed by atoms with van der Waals surface area (Å²) in [5.74, 6) is -0.277. The molecule has 0 saturated heterocycles. The van der Waals surface area contributed by atoms with Gasteiger partial charge < -0.3 is 10.5 Å². The summed E-state index contributed by atoms with van der Waals surface area (Å²) in [7, 11) is 0. The third-order valence-electron chi connectivity index (χ3n) is 2.05. The molecule has 0 spiro atoms. The second kappa shape index (κ2) is 3.03. The molecule has 1 aliphatic heterocycles. The van der Waals surface area contributed by atoms with Gasteiger partial charge in [0.05, 0.1) is 12.2 Å². The molecule has 1 aromatic rings. The highest BCUT2D eigenvalue weighted by molar-refractivity contribution is 9.10. The van der Waals surface area contributed by atoms with Crippen molar-refractivity contribution in [2.24, 2.45) is 0 Å². The van der Waals surface area contributed by atoms with Gasteiger partial charge in [-0.05, 0) is 33.6 Å². The molecule has 2 rings (SSSR count). The van der Waals surface area contributed by atoms with Crippen LogP contribution in [0.5, 0.6) is 0 Å². The second-order valence-corrected chi connectivity index (χ2v) is 3.77. The van der Waals surface area contributed by atoms with Gasteiger partial charge in [0.15, 0.2) is 0 Å². The molecule has 68 valence electrons. The maximum absolute atomic E-state index is 11.3. The van der Waals surface area contributed by atoms with Gasteiger partial charge in [-0.1, -0.05) is 0 Å². The summed E-state index contributed by atoms with van der Waals surface area (Å²) in [6, 6.07) is 3.53. The van der Waals surface area contributed by atoms with E-state index in [1.165, 1.54) is 0 Å². The molecule has 0 saturated carbocycles. The molecule has 1 aromatic carbocycles. The molecule has 0 fully saturated rings. The lowest BCUT2D eigenvalue weighted by Gasteiger charge is -2.16. The van der Waals surface area contributed by atoms with Crippen LogP contribution in [0.4, 0.5) is 5.69 Å². The number of cyclic esters (lactones) is 1. The summed E-state index contributed by atoms with van der Waals surface area (Å²) in [6.45, 7) is 0.461. The summed E-state index contributed by atoms with van der Waals surface area (Å²) in [6.07, 6.45) is 0.764. The van der Waals surface area contributed by atoms with E-state index in [0.29, 0.717) is 17.9 Å². The topological polar surface area (TPSA) is 52.3 Å². The molecule has 0 amide bonds. The monoisotopic (exact) mass is 241 g/mol. The van der Waals surface area contributed by atoms with Gasteiger partial charge in [-0.15, -0.1) is 0 Å². The van der Waals surface area contributed by atoms with Crippen molar-refractivity contribution in [1.82, 2.24) is 0 Å². The van der Waals surface area contributed by atoms with Gasteiger partial charge in [0, 0.05) is 16.6 Å². The Labute approximate surface area is 84.0 Å². The van der Waals surface area contributed by atoms with Crippen molar-refractivity contribution in [2.45, 2.75) is 6.42 Å². The Morgan fingerprint density at radius 1 is 1.46 bits per heavy atom. The van der Waals surface area contributed by atoms with E-state index in [-0.39, 0.29) is 5.97 Å². The Morgan fingerprint density at radius 3 is 3.00 bits per heavy atom. The lowest BCUT2D eigenvalue weighted by molar-refractivity contribution is 0.0480. The molecule has 0 radical (unpaired) electrons. The highest BCUT2D eigenvalue weighted by Gasteiger charge is 2.19. The van der Waals surface area contributed by atoms with Crippen LogP contribution in [0.1, 0.15) is 15.9 Å². The van der Waals surface area contributed by atoms with Crippen LogP contribution >= 0.6 is 15.9 Å². The molecule has 2 N–H and O–H groups in total. The van der Waals surface area contributed by atoms with Crippen molar-refractivity contribution < 1.29 is 9.53 Å². The largest absolute Gasteiger partial charge is 0.462 e. The van der Waals surface area contributed by atoms with Gasteiger partial charge in [0.25, 0.3) is 0 Å². The number of nitrogens with two attached hydrogens (primary N) is 1. The van der Waals surface area contributed by atoms with Crippen LogP contribution in [0.15, 0.2) is 16.6 Å². The van der Waals surface area contributed by atoms with Crippen molar-refractivity contribution in [2.75, 3.05) is 12.3 Å². The van der Waals surface area contributed by atoms with E-state index in [0.717, 1.165) is 16.5 Å². The van der Waals surface area contributed by atoms with Crippen molar-refractivity contribution in [1.29, 1.82) is 0 Å². The predicted molar refractivity (Wildman–Crippen MR) is 52.5 cm³/mol. The number of fused-ring (bicyclic) bond motifs is 1. The Balaban J connectivity index is 2.58. The fourth-order valence-corrected chi connectivity index (χ4v) is 1.75. The van der Waals surface area contributed by atoms with E-state index in [2.05, 4.69) is 15.9 Å². The van der Waals surface area contributed by atoms with Crippen LogP contribution in [-0.4, -0.2) is 12.6 Å². The number of benzene rings is 1. The Morgan fingerprint density at radius 2 is 2.23 bits per heavy atom. The summed E-state index contributed by atoms with van der Waals surface area (Å²) in [5, 5.41) is 0. The van der Waals surface area contributed by atoms with E-state index in [1.807, 2.05) is 6.07 Å². The molecule has 0 bridgehead atoms. The van der Waals surface area contributed by atoms with Crippen LogP contribution < -0.4 is 5.73 Å². The minimum Gasteiger partial charge on any atom is -0.462 e. The first-order chi connectivity index (χ1) is 6.18. The van der Waals surface area contributed by atoms with Gasteiger partial charge in [-0.3, -0.25) is 0 Å². The normalized spacial score (nSPS) is 15.0. The molecular weight excluding hydrogens is 234 g/mol. The van der Waals surface area contributed by atoms with Crippen LogP contribution in [0.25, 0.3) is 0 Å². The minimum atomic E-state index is -0.277. The van der Waals surface area contributed by atoms with Gasteiger partial charge in [-0.2, -0.15) is 0 Å². The van der Waals surface area contributed by atoms with E-state index < -0.39 is 0 Å². The summed E-state index contributed by atoms with van der Waals surface area (Å²) in [4.78, 5) is 11.3. The van der Waals surface area contributed by atoms with Crippen molar-refractivity contribution in [3.63, 3.8) is 0 Å². The molecule has 0 unspecified atom stereocenters. The quantitative estimate of drug-likeness (QED) is 0.557. The average Bonchev–Trinajstić information content (AvgIpc) is 2.09. The Bertz CT molecular complexity index is 376. The summed E-state index contributed by atoms with van der Waals surface area (Å²) < 4.78 is 5.72. The number of hydrogen-bond donors (Lipinski definition) is 1. The molecule has 13 heavy (non-hydrogen) atoms. The number of rotatable bonds is 0. The van der Waals surface area contributed by atoms with Gasteiger partial charge in [0.1, 0.15) is 0 Å². The van der Waals surface area contributed by atoms with Crippen LogP contribution in [0.3, 0.4) is 0 Å². The standard InChI is InChI=1S/C9H8BrNO2/c10-7-3-5-1-2-13-9(12)6(5)4-8(7)11/h3-4H,1-2,11H2. The average molecular weight is 242 g/mol. The number of halogens is 1. The second-order valence-electron chi connectivity index (χ2n) is 2.92. The summed E-state index contributed by atoms with van der Waals surface area (Å²) >= 11 is 3.32. The minimum absolute atomic E-state index is 0.277. The number of carbonyl (C=O) groups is 1. The molecule has 1 aliphatic rings. The number of anilines is 1. The predicted octanol–water partition coefficient (Wildman–Crippen LogP) is 1.74. The Kier molecular flexibility index (Phi) is 2.00. The number of carbonyl (C=O) groups excluding carboxylic acids is 1. The zero-order valence-electron chi connectivity index (χ0n) is 6.84. The highest BCUT2D eigenvalue weighted by atomic mass is 79.9. The van der Waals surface area contributed by atoms with E-state index in [1.54, 1.807) is 6.07 Å². The number of nitrogen functional groups attached to an aromatic ring is 1. The molecule has 0 atom stereocenters. The van der Waals surface area contributed by atoms with E-state index >= 15 is 0 Å². The Hall–Kier alpha value is -1.03. The first-order valence-corrected chi connectivity index (χ1v) is 4.73. The lowest BCUT2D eigenvalue weighted by Crippen LogP contribution is -2.17. The maximum Gasteiger partial charge on any atom is 0.338 e. The smallest absolute Gasteiger partial charge is 0.338 e. The van der Waals surface area contributed by atoms with Gasteiger partial charge in [-0.25, -0.2) is 4.79 Å². The van der Waals surface area contributed by atoms with Crippen LogP contribution in [0.2, 0.25) is 0 Å². The first kappa shape index (κ1) is 8.56. The molecule has 3 nitrogen and oxygen atoms in total. The number of hydrogen-bond acceptors (Lipinski definition) is 3. The first-order valence-electron chi connectivity index (χ1n) is 3.93. The summed E-state index contributed by atoms with van der Waals surface area (Å²) in [5.41, 5.74) is 7.81. The maximum atomic E-state index is 11.3. The van der Waals surface area contributed by atoms with Crippen LogP contribution in [-0.2, 0) is 11.2 Å². The molecule has 4 heteroatoms. The van der Waals surface area contributed by atoms with Gasteiger partial charge in [0.2, 0.25) is 0 Å². The third-order valence-corrected chi connectivity index (χ3v) is 2.73.